The lowest BCUT2D eigenvalue weighted by atomic mass is 9.95. The van der Waals surface area contributed by atoms with Crippen molar-refractivity contribution in [3.05, 3.63) is 71.0 Å². The Morgan fingerprint density at radius 1 is 1.17 bits per heavy atom. The molecule has 1 atom stereocenters. The lowest BCUT2D eigenvalue weighted by Crippen LogP contribution is -2.32. The number of rotatable bonds is 7. The molecule has 30 heavy (non-hydrogen) atoms. The van der Waals surface area contributed by atoms with Crippen LogP contribution < -0.4 is 4.74 Å². The maximum absolute atomic E-state index is 14.7. The van der Waals surface area contributed by atoms with Crippen LogP contribution >= 0.6 is 0 Å². The number of carbonyl (C=O) groups excluding carboxylic acids is 2. The standard InChI is InChI=1S/C23H25FN2O4/c1-25(2)12-7-13-26-20(17-10-4-5-11-18(17)24)19(22(28)23(26)29)21(27)15-8-6-9-16(14-15)30-3/h4-6,8-11,14,20,27H,7,12-13H2,1-3H3/b21-19-. The highest BCUT2D eigenvalue weighted by atomic mass is 19.1. The van der Waals surface area contributed by atoms with Crippen molar-refractivity contribution in [1.29, 1.82) is 0 Å². The molecule has 0 aromatic heterocycles. The molecule has 1 heterocycles. The summed E-state index contributed by atoms with van der Waals surface area (Å²) in [5, 5.41) is 11.0. The summed E-state index contributed by atoms with van der Waals surface area (Å²) in [5.74, 6) is -1.98. The van der Waals surface area contributed by atoms with Crippen molar-refractivity contribution in [2.45, 2.75) is 12.5 Å². The molecule has 0 spiro atoms. The topological polar surface area (TPSA) is 70.1 Å². The molecule has 158 valence electrons. The van der Waals surface area contributed by atoms with Gasteiger partial charge in [0.25, 0.3) is 11.7 Å². The van der Waals surface area contributed by atoms with Gasteiger partial charge in [0.1, 0.15) is 17.3 Å². The van der Waals surface area contributed by atoms with Gasteiger partial charge in [0, 0.05) is 17.7 Å². The van der Waals surface area contributed by atoms with Crippen molar-refractivity contribution in [2.24, 2.45) is 0 Å². The van der Waals surface area contributed by atoms with Gasteiger partial charge < -0.3 is 19.6 Å². The third-order valence-corrected chi connectivity index (χ3v) is 5.09. The first-order valence-corrected chi connectivity index (χ1v) is 9.67. The fourth-order valence-corrected chi connectivity index (χ4v) is 3.61. The molecule has 0 saturated carbocycles. The van der Waals surface area contributed by atoms with E-state index < -0.39 is 23.5 Å². The van der Waals surface area contributed by atoms with Gasteiger partial charge in [0.15, 0.2) is 0 Å². The van der Waals surface area contributed by atoms with Crippen LogP contribution in [0.1, 0.15) is 23.6 Å². The second kappa shape index (κ2) is 9.09. The van der Waals surface area contributed by atoms with Crippen molar-refractivity contribution in [3.63, 3.8) is 0 Å². The third-order valence-electron chi connectivity index (χ3n) is 5.09. The Morgan fingerprint density at radius 2 is 1.90 bits per heavy atom. The number of nitrogens with zero attached hydrogens (tertiary/aromatic N) is 2. The van der Waals surface area contributed by atoms with E-state index in [9.17, 15) is 19.1 Å². The molecule has 1 aliphatic heterocycles. The quantitative estimate of drug-likeness (QED) is 0.430. The van der Waals surface area contributed by atoms with Crippen molar-refractivity contribution >= 4 is 17.4 Å². The van der Waals surface area contributed by atoms with Crippen LogP contribution in [0.25, 0.3) is 5.76 Å². The van der Waals surface area contributed by atoms with E-state index >= 15 is 0 Å². The van der Waals surface area contributed by atoms with Gasteiger partial charge in [-0.25, -0.2) is 4.39 Å². The molecule has 1 fully saturated rings. The number of ether oxygens (including phenoxy) is 1. The van der Waals surface area contributed by atoms with Crippen LogP contribution in [0.3, 0.4) is 0 Å². The van der Waals surface area contributed by atoms with E-state index in [1.165, 1.54) is 24.1 Å². The van der Waals surface area contributed by atoms with Crippen LogP contribution in [-0.2, 0) is 9.59 Å². The van der Waals surface area contributed by atoms with E-state index in [0.717, 1.165) is 0 Å². The van der Waals surface area contributed by atoms with Gasteiger partial charge in [-0.05, 0) is 45.3 Å². The number of methoxy groups -OCH3 is 1. The summed E-state index contributed by atoms with van der Waals surface area (Å²) in [6.07, 6.45) is 0.601. The number of Topliss-reactive ketones (excluding diaryl/α,β-unsaturated/α-hetero) is 1. The van der Waals surface area contributed by atoms with Crippen LogP contribution in [0.5, 0.6) is 5.75 Å². The summed E-state index contributed by atoms with van der Waals surface area (Å²) in [7, 11) is 5.30. The third kappa shape index (κ3) is 4.21. The maximum Gasteiger partial charge on any atom is 0.295 e. The molecule has 2 aromatic carbocycles. The van der Waals surface area contributed by atoms with Gasteiger partial charge in [-0.15, -0.1) is 0 Å². The molecule has 1 N–H and O–H groups in total. The van der Waals surface area contributed by atoms with E-state index in [2.05, 4.69) is 0 Å². The molecule has 1 unspecified atom stereocenters. The van der Waals surface area contributed by atoms with E-state index in [-0.39, 0.29) is 23.4 Å². The predicted molar refractivity (Wildman–Crippen MR) is 112 cm³/mol. The van der Waals surface area contributed by atoms with Gasteiger partial charge in [-0.2, -0.15) is 0 Å². The Morgan fingerprint density at radius 3 is 2.57 bits per heavy atom. The largest absolute Gasteiger partial charge is 0.507 e. The predicted octanol–water partition coefficient (Wildman–Crippen LogP) is 3.21. The first kappa shape index (κ1) is 21.5. The van der Waals surface area contributed by atoms with Crippen molar-refractivity contribution in [3.8, 4) is 5.75 Å². The second-order valence-electron chi connectivity index (χ2n) is 7.40. The Bertz CT molecular complexity index is 987. The van der Waals surface area contributed by atoms with E-state index in [0.29, 0.717) is 24.3 Å². The summed E-state index contributed by atoms with van der Waals surface area (Å²) in [5.41, 5.74) is 0.371. The average Bonchev–Trinajstić information content (AvgIpc) is 2.98. The Balaban J connectivity index is 2.12. The second-order valence-corrected chi connectivity index (χ2v) is 7.40. The number of amides is 1. The molecule has 0 bridgehead atoms. The van der Waals surface area contributed by atoms with Crippen LogP contribution in [0, 0.1) is 5.82 Å². The lowest BCUT2D eigenvalue weighted by molar-refractivity contribution is -0.140. The van der Waals surface area contributed by atoms with Gasteiger partial charge in [-0.1, -0.05) is 30.3 Å². The zero-order chi connectivity index (χ0) is 21.8. The number of ketones is 1. The number of halogens is 1. The monoisotopic (exact) mass is 412 g/mol. The molecule has 1 aliphatic rings. The summed E-state index contributed by atoms with van der Waals surface area (Å²) in [6.45, 7) is 0.958. The summed E-state index contributed by atoms with van der Waals surface area (Å²) >= 11 is 0. The van der Waals surface area contributed by atoms with E-state index in [4.69, 9.17) is 4.74 Å². The number of aliphatic hydroxyl groups is 1. The van der Waals surface area contributed by atoms with Crippen LogP contribution in [0.4, 0.5) is 4.39 Å². The molecule has 1 saturated heterocycles. The maximum atomic E-state index is 14.7. The number of aliphatic hydroxyl groups excluding tert-OH is 1. The highest BCUT2D eigenvalue weighted by Crippen LogP contribution is 2.40. The van der Waals surface area contributed by atoms with Gasteiger partial charge >= 0.3 is 0 Å². The van der Waals surface area contributed by atoms with Crippen molar-refractivity contribution < 1.29 is 23.8 Å². The smallest absolute Gasteiger partial charge is 0.295 e. The molecule has 6 nitrogen and oxygen atoms in total. The van der Waals surface area contributed by atoms with Crippen LogP contribution in [0.2, 0.25) is 0 Å². The Labute approximate surface area is 175 Å². The summed E-state index contributed by atoms with van der Waals surface area (Å²) < 4.78 is 19.9. The molecule has 3 rings (SSSR count). The normalized spacial score (nSPS) is 18.3. The SMILES string of the molecule is COc1cccc(/C(O)=C2/C(=O)C(=O)N(CCCN(C)C)C2c2ccccc2F)c1. The Kier molecular flexibility index (Phi) is 6.52. The average molecular weight is 412 g/mol. The molecular weight excluding hydrogens is 387 g/mol. The van der Waals surface area contributed by atoms with E-state index in [1.807, 2.05) is 19.0 Å². The molecular formula is C23H25FN2O4. The van der Waals surface area contributed by atoms with Gasteiger partial charge in [0.2, 0.25) is 0 Å². The first-order valence-electron chi connectivity index (χ1n) is 9.67. The molecule has 0 radical (unpaired) electrons. The zero-order valence-electron chi connectivity index (χ0n) is 17.3. The molecule has 1 amide bonds. The fourth-order valence-electron chi connectivity index (χ4n) is 3.61. The molecule has 7 heteroatoms. The minimum atomic E-state index is -1.00. The highest BCUT2D eigenvalue weighted by molar-refractivity contribution is 6.46. The number of hydrogen-bond donors (Lipinski definition) is 1. The zero-order valence-corrected chi connectivity index (χ0v) is 17.3. The van der Waals surface area contributed by atoms with Crippen LogP contribution in [-0.4, -0.2) is 60.9 Å². The minimum Gasteiger partial charge on any atom is -0.507 e. The Hall–Kier alpha value is -3.19. The van der Waals surface area contributed by atoms with Crippen molar-refractivity contribution in [1.82, 2.24) is 9.80 Å². The molecule has 0 aliphatic carbocycles. The number of hydrogen-bond acceptors (Lipinski definition) is 5. The minimum absolute atomic E-state index is 0.122. The molecule has 2 aromatic rings. The fraction of sp³-hybridized carbons (Fsp3) is 0.304. The number of likely N-dealkylation sites (tertiary alicyclic amines) is 1. The highest BCUT2D eigenvalue weighted by Gasteiger charge is 2.46. The van der Waals surface area contributed by atoms with Gasteiger partial charge in [0.05, 0.1) is 18.7 Å². The lowest BCUT2D eigenvalue weighted by Gasteiger charge is -2.26. The van der Waals surface area contributed by atoms with Crippen LogP contribution in [0.15, 0.2) is 54.1 Å². The summed E-state index contributed by atoms with van der Waals surface area (Å²) in [6, 6.07) is 11.5. The van der Waals surface area contributed by atoms with Gasteiger partial charge in [-0.3, -0.25) is 9.59 Å². The van der Waals surface area contributed by atoms with Crippen molar-refractivity contribution in [2.75, 3.05) is 34.3 Å². The first-order chi connectivity index (χ1) is 14.3. The summed E-state index contributed by atoms with van der Waals surface area (Å²) in [4.78, 5) is 29.0. The van der Waals surface area contributed by atoms with E-state index in [1.54, 1.807) is 36.4 Å². The number of carbonyl (C=O) groups is 2. The number of benzene rings is 2.